The van der Waals surface area contributed by atoms with Crippen molar-refractivity contribution in [2.24, 2.45) is 5.92 Å². The van der Waals surface area contributed by atoms with Gasteiger partial charge >= 0.3 is 5.97 Å². The molecule has 0 unspecified atom stereocenters. The number of piperidine rings is 1. The average Bonchev–Trinajstić information content (AvgIpc) is 3.12. The third-order valence-corrected chi connectivity index (χ3v) is 5.83. The third kappa shape index (κ3) is 4.03. The van der Waals surface area contributed by atoms with Crippen LogP contribution in [0.5, 0.6) is 0 Å². The number of carboxylic acid groups (broad SMARTS) is 1. The molecule has 3 rings (SSSR count). The van der Waals surface area contributed by atoms with Crippen molar-refractivity contribution in [2.75, 3.05) is 13.1 Å². The van der Waals surface area contributed by atoms with Gasteiger partial charge in [-0.15, -0.1) is 11.3 Å². The zero-order chi connectivity index (χ0) is 18.0. The number of nitrogens with zero attached hydrogens (tertiary/aromatic N) is 1. The Labute approximate surface area is 154 Å². The minimum Gasteiger partial charge on any atom is -0.477 e. The number of hydrogen-bond acceptors (Lipinski definition) is 4. The Balaban J connectivity index is 1.60. The van der Waals surface area contributed by atoms with E-state index in [9.17, 15) is 14.7 Å². The van der Waals surface area contributed by atoms with Crippen LogP contribution in [-0.4, -0.2) is 40.1 Å². The molecule has 0 aliphatic carbocycles. The normalized spacial score (nSPS) is 16.6. The van der Waals surface area contributed by atoms with Crippen molar-refractivity contribution < 1.29 is 19.8 Å². The van der Waals surface area contributed by atoms with Gasteiger partial charge in [-0.05, 0) is 48.6 Å². The van der Waals surface area contributed by atoms with Gasteiger partial charge in [0.2, 0.25) is 0 Å². The van der Waals surface area contributed by atoms with Crippen LogP contribution in [0.15, 0.2) is 36.4 Å². The molecule has 2 N–H and O–H groups in total. The van der Waals surface area contributed by atoms with Crippen LogP contribution in [-0.2, 0) is 0 Å². The van der Waals surface area contributed by atoms with Gasteiger partial charge < -0.3 is 15.1 Å². The molecule has 0 bridgehead atoms. The van der Waals surface area contributed by atoms with E-state index in [1.54, 1.807) is 23.1 Å². The molecule has 1 saturated heterocycles. The molecule has 5 nitrogen and oxygen atoms in total. The predicted molar refractivity (Wildman–Crippen MR) is 96.3 cm³/mol. The second-order valence-corrected chi connectivity index (χ2v) is 7.62. The fourth-order valence-corrected chi connectivity index (χ4v) is 4.01. The molecule has 2 aromatic rings. The standard InChI is InChI=1S/C18H18ClNO4S/c19-13-3-1-11(2-4-13)16(21)12-7-9-20(10-8-12)17(22)14-5-6-15(25-14)18(23)24/h1-6,12,16,21H,7-10H2,(H,23,24)/t16-/m1/s1. The number of thiophene rings is 1. The number of hydrogen-bond donors (Lipinski definition) is 2. The minimum atomic E-state index is -1.02. The van der Waals surface area contributed by atoms with Crippen molar-refractivity contribution in [1.82, 2.24) is 4.90 Å². The van der Waals surface area contributed by atoms with E-state index in [1.807, 2.05) is 12.1 Å². The summed E-state index contributed by atoms with van der Waals surface area (Å²) in [5.41, 5.74) is 0.832. The van der Waals surface area contributed by atoms with Gasteiger partial charge in [0.25, 0.3) is 5.91 Å². The highest BCUT2D eigenvalue weighted by Gasteiger charge is 2.29. The van der Waals surface area contributed by atoms with E-state index < -0.39 is 12.1 Å². The van der Waals surface area contributed by atoms with Crippen LogP contribution in [0.3, 0.4) is 0 Å². The minimum absolute atomic E-state index is 0.0862. The molecule has 7 heteroatoms. The molecule has 0 spiro atoms. The Hall–Kier alpha value is -1.89. The monoisotopic (exact) mass is 379 g/mol. The van der Waals surface area contributed by atoms with Crippen LogP contribution >= 0.6 is 22.9 Å². The Kier molecular flexibility index (Phi) is 5.42. The highest BCUT2D eigenvalue weighted by Crippen LogP contribution is 2.32. The summed E-state index contributed by atoms with van der Waals surface area (Å²) < 4.78 is 0. The lowest BCUT2D eigenvalue weighted by Crippen LogP contribution is -2.39. The van der Waals surface area contributed by atoms with Crippen molar-refractivity contribution in [2.45, 2.75) is 18.9 Å². The van der Waals surface area contributed by atoms with Crippen molar-refractivity contribution in [3.05, 3.63) is 56.7 Å². The molecule has 1 aromatic carbocycles. The van der Waals surface area contributed by atoms with Gasteiger partial charge in [0.15, 0.2) is 0 Å². The zero-order valence-electron chi connectivity index (χ0n) is 13.4. The summed E-state index contributed by atoms with van der Waals surface area (Å²) in [6, 6.07) is 10.2. The number of halogens is 1. The number of likely N-dealkylation sites (tertiary alicyclic amines) is 1. The number of aromatic carboxylic acids is 1. The summed E-state index contributed by atoms with van der Waals surface area (Å²) in [4.78, 5) is 25.7. The molecule has 1 aliphatic heterocycles. The van der Waals surface area contributed by atoms with Crippen LogP contribution in [0.1, 0.15) is 43.9 Å². The van der Waals surface area contributed by atoms with Crippen molar-refractivity contribution in [3.63, 3.8) is 0 Å². The van der Waals surface area contributed by atoms with E-state index in [4.69, 9.17) is 16.7 Å². The molecule has 1 amide bonds. The first-order chi connectivity index (χ1) is 12.0. The zero-order valence-corrected chi connectivity index (χ0v) is 15.0. The van der Waals surface area contributed by atoms with Crippen LogP contribution in [0.4, 0.5) is 0 Å². The van der Waals surface area contributed by atoms with Gasteiger partial charge in [0, 0.05) is 18.1 Å². The largest absolute Gasteiger partial charge is 0.477 e. The Morgan fingerprint density at radius 3 is 2.24 bits per heavy atom. The first-order valence-electron chi connectivity index (χ1n) is 8.01. The average molecular weight is 380 g/mol. The first kappa shape index (κ1) is 17.9. The summed E-state index contributed by atoms with van der Waals surface area (Å²) in [5, 5.41) is 20.1. The molecular weight excluding hydrogens is 362 g/mol. The van der Waals surface area contributed by atoms with Gasteiger partial charge in [-0.25, -0.2) is 4.79 Å². The number of aliphatic hydroxyl groups is 1. The molecule has 1 aliphatic rings. The molecule has 25 heavy (non-hydrogen) atoms. The van der Waals surface area contributed by atoms with Gasteiger partial charge in [-0.1, -0.05) is 23.7 Å². The summed E-state index contributed by atoms with van der Waals surface area (Å²) in [5.74, 6) is -1.08. The fourth-order valence-electron chi connectivity index (χ4n) is 3.07. The lowest BCUT2D eigenvalue weighted by Gasteiger charge is -2.34. The van der Waals surface area contributed by atoms with Crippen LogP contribution < -0.4 is 0 Å². The van der Waals surface area contributed by atoms with Crippen LogP contribution in [0.25, 0.3) is 0 Å². The maximum atomic E-state index is 12.5. The molecule has 0 radical (unpaired) electrons. The van der Waals surface area contributed by atoms with Gasteiger partial charge in [0.05, 0.1) is 11.0 Å². The first-order valence-corrected chi connectivity index (χ1v) is 9.21. The maximum Gasteiger partial charge on any atom is 0.345 e. The van der Waals surface area contributed by atoms with E-state index in [0.717, 1.165) is 16.9 Å². The lowest BCUT2D eigenvalue weighted by molar-refractivity contribution is 0.0465. The molecule has 132 valence electrons. The van der Waals surface area contributed by atoms with E-state index >= 15 is 0 Å². The molecule has 0 saturated carbocycles. The number of benzene rings is 1. The van der Waals surface area contributed by atoms with Gasteiger partial charge in [0.1, 0.15) is 4.88 Å². The topological polar surface area (TPSA) is 77.8 Å². The van der Waals surface area contributed by atoms with E-state index in [2.05, 4.69) is 0 Å². The Bertz CT molecular complexity index is 766. The molecule has 1 atom stereocenters. The van der Waals surface area contributed by atoms with Gasteiger partial charge in [-0.2, -0.15) is 0 Å². The second kappa shape index (κ2) is 7.56. The van der Waals surface area contributed by atoms with E-state index in [1.165, 1.54) is 6.07 Å². The summed E-state index contributed by atoms with van der Waals surface area (Å²) in [7, 11) is 0. The quantitative estimate of drug-likeness (QED) is 0.849. The number of carbonyl (C=O) groups is 2. The van der Waals surface area contributed by atoms with Crippen molar-refractivity contribution in [1.29, 1.82) is 0 Å². The molecule has 1 aromatic heterocycles. The number of carboxylic acids is 1. The van der Waals surface area contributed by atoms with Crippen molar-refractivity contribution in [3.8, 4) is 0 Å². The fraction of sp³-hybridized carbons (Fsp3) is 0.333. The molecule has 1 fully saturated rings. The van der Waals surface area contributed by atoms with E-state index in [-0.39, 0.29) is 16.7 Å². The van der Waals surface area contributed by atoms with Crippen LogP contribution in [0, 0.1) is 5.92 Å². The second-order valence-electron chi connectivity index (χ2n) is 6.10. The Morgan fingerprint density at radius 1 is 1.08 bits per heavy atom. The van der Waals surface area contributed by atoms with Crippen molar-refractivity contribution >= 4 is 34.8 Å². The smallest absolute Gasteiger partial charge is 0.345 e. The Morgan fingerprint density at radius 2 is 1.68 bits per heavy atom. The number of rotatable bonds is 4. The van der Waals surface area contributed by atoms with E-state index in [0.29, 0.717) is 35.8 Å². The summed E-state index contributed by atoms with van der Waals surface area (Å²) >= 11 is 6.87. The number of amides is 1. The highest BCUT2D eigenvalue weighted by molar-refractivity contribution is 7.15. The van der Waals surface area contributed by atoms with Gasteiger partial charge in [-0.3, -0.25) is 4.79 Å². The maximum absolute atomic E-state index is 12.5. The molecule has 2 heterocycles. The molecular formula is C18H18ClNO4S. The summed E-state index contributed by atoms with van der Waals surface area (Å²) in [6.45, 7) is 1.10. The third-order valence-electron chi connectivity index (χ3n) is 4.51. The number of carbonyl (C=O) groups excluding carboxylic acids is 1. The predicted octanol–water partition coefficient (Wildman–Crippen LogP) is 3.69. The van der Waals surface area contributed by atoms with Crippen LogP contribution in [0.2, 0.25) is 5.02 Å². The highest BCUT2D eigenvalue weighted by atomic mass is 35.5. The lowest BCUT2D eigenvalue weighted by atomic mass is 9.87. The number of aliphatic hydroxyl groups excluding tert-OH is 1. The SMILES string of the molecule is O=C(O)c1ccc(C(=O)N2CCC([C@H](O)c3ccc(Cl)cc3)CC2)s1. The summed E-state index contributed by atoms with van der Waals surface area (Å²) in [6.07, 6.45) is 0.828.